The summed E-state index contributed by atoms with van der Waals surface area (Å²) in [5.41, 5.74) is 8.12. The summed E-state index contributed by atoms with van der Waals surface area (Å²) in [7, 11) is 1.86. The normalized spacial score (nSPS) is 10.4. The molecule has 0 atom stereocenters. The van der Waals surface area contributed by atoms with Gasteiger partial charge >= 0.3 is 0 Å². The van der Waals surface area contributed by atoms with Crippen LogP contribution in [0, 0.1) is 5.82 Å². The van der Waals surface area contributed by atoms with Crippen LogP contribution in [0.1, 0.15) is 5.56 Å². The first-order valence-electron chi connectivity index (χ1n) is 5.59. The van der Waals surface area contributed by atoms with E-state index in [9.17, 15) is 4.39 Å². The number of hydrogen-bond donors (Lipinski definition) is 1. The van der Waals surface area contributed by atoms with E-state index < -0.39 is 0 Å². The first-order valence-corrected chi connectivity index (χ1v) is 5.97. The van der Waals surface area contributed by atoms with Gasteiger partial charge in [0, 0.05) is 30.0 Å². The molecule has 0 radical (unpaired) electrons. The second-order valence-electron chi connectivity index (χ2n) is 4.02. The van der Waals surface area contributed by atoms with E-state index in [0.29, 0.717) is 11.6 Å². The van der Waals surface area contributed by atoms with Crippen molar-refractivity contribution in [3.63, 3.8) is 0 Å². The molecule has 0 saturated carbocycles. The Balaban J connectivity index is 2.34. The molecule has 2 N–H and O–H groups in total. The number of nitrogens with two attached hydrogens (primary N) is 1. The molecule has 2 aromatic rings. The molecule has 18 heavy (non-hydrogen) atoms. The Morgan fingerprint density at radius 3 is 2.50 bits per heavy atom. The molecule has 0 spiro atoms. The molecule has 94 valence electrons. The van der Waals surface area contributed by atoms with Crippen LogP contribution in [-0.2, 0) is 6.54 Å². The Labute approximate surface area is 111 Å². The molecule has 0 aliphatic carbocycles. The van der Waals surface area contributed by atoms with Gasteiger partial charge in [-0.3, -0.25) is 0 Å². The maximum Gasteiger partial charge on any atom is 0.125 e. The zero-order valence-corrected chi connectivity index (χ0v) is 10.8. The number of hydrogen-bond acceptors (Lipinski definition) is 2. The zero-order valence-electron chi connectivity index (χ0n) is 10.0. The van der Waals surface area contributed by atoms with Crippen molar-refractivity contribution in [1.29, 1.82) is 0 Å². The fraction of sp³-hybridized carbons (Fsp3) is 0.143. The Hall–Kier alpha value is -1.58. The minimum absolute atomic E-state index is 0.260. The summed E-state index contributed by atoms with van der Waals surface area (Å²) in [5.74, 6) is -0.260. The average molecular weight is 265 g/mol. The Morgan fingerprint density at radius 2 is 1.89 bits per heavy atom. The van der Waals surface area contributed by atoms with Crippen molar-refractivity contribution < 1.29 is 4.39 Å². The summed E-state index contributed by atoms with van der Waals surface area (Å²) >= 11 is 6.11. The van der Waals surface area contributed by atoms with Gasteiger partial charge in [-0.25, -0.2) is 4.39 Å². The summed E-state index contributed by atoms with van der Waals surface area (Å²) in [4.78, 5) is 1.87. The SMILES string of the molecule is CN(c1cccc(F)c1)c1ccc(CN)c(Cl)c1. The molecule has 0 aliphatic heterocycles. The average Bonchev–Trinajstić information content (AvgIpc) is 2.37. The number of rotatable bonds is 3. The van der Waals surface area contributed by atoms with Gasteiger partial charge in [0.25, 0.3) is 0 Å². The lowest BCUT2D eigenvalue weighted by atomic mass is 10.2. The molecule has 0 bridgehead atoms. The summed E-state index contributed by atoms with van der Waals surface area (Å²) in [6.45, 7) is 0.406. The Morgan fingerprint density at radius 1 is 1.17 bits per heavy atom. The quantitative estimate of drug-likeness (QED) is 0.916. The molecule has 4 heteroatoms. The third-order valence-electron chi connectivity index (χ3n) is 2.84. The van der Waals surface area contributed by atoms with Gasteiger partial charge in [-0.15, -0.1) is 0 Å². The van der Waals surface area contributed by atoms with Crippen molar-refractivity contribution >= 4 is 23.0 Å². The van der Waals surface area contributed by atoms with Crippen molar-refractivity contribution in [2.24, 2.45) is 5.73 Å². The summed E-state index contributed by atoms with van der Waals surface area (Å²) in [5, 5.41) is 0.623. The van der Waals surface area contributed by atoms with E-state index in [0.717, 1.165) is 16.9 Å². The fourth-order valence-corrected chi connectivity index (χ4v) is 2.00. The summed E-state index contributed by atoms with van der Waals surface area (Å²) in [6, 6.07) is 12.0. The first kappa shape index (κ1) is 12.9. The maximum absolute atomic E-state index is 13.2. The molecule has 2 nitrogen and oxygen atoms in total. The van der Waals surface area contributed by atoms with Gasteiger partial charge in [0.1, 0.15) is 5.82 Å². The van der Waals surface area contributed by atoms with Crippen molar-refractivity contribution in [3.05, 3.63) is 58.9 Å². The van der Waals surface area contributed by atoms with E-state index >= 15 is 0 Å². The lowest BCUT2D eigenvalue weighted by molar-refractivity contribution is 0.628. The number of nitrogens with zero attached hydrogens (tertiary/aromatic N) is 1. The molecule has 0 aliphatic rings. The van der Waals surface area contributed by atoms with Crippen LogP contribution in [-0.4, -0.2) is 7.05 Å². The van der Waals surface area contributed by atoms with Crippen LogP contribution in [0.4, 0.5) is 15.8 Å². The van der Waals surface area contributed by atoms with Crippen molar-refractivity contribution in [2.45, 2.75) is 6.54 Å². The zero-order chi connectivity index (χ0) is 13.1. The van der Waals surface area contributed by atoms with Gasteiger partial charge in [0.15, 0.2) is 0 Å². The number of benzene rings is 2. The van der Waals surface area contributed by atoms with E-state index in [-0.39, 0.29) is 5.82 Å². The standard InChI is InChI=1S/C14H14ClFN2/c1-18(12-4-2-3-11(16)7-12)13-6-5-10(9-17)14(15)8-13/h2-8H,9,17H2,1H3. The van der Waals surface area contributed by atoms with Crippen LogP contribution in [0.2, 0.25) is 5.02 Å². The molecular weight excluding hydrogens is 251 g/mol. The van der Waals surface area contributed by atoms with Crippen LogP contribution in [0.15, 0.2) is 42.5 Å². The van der Waals surface area contributed by atoms with Crippen LogP contribution in [0.3, 0.4) is 0 Å². The lowest BCUT2D eigenvalue weighted by Gasteiger charge is -2.20. The van der Waals surface area contributed by atoms with Crippen LogP contribution in [0.5, 0.6) is 0 Å². The van der Waals surface area contributed by atoms with Gasteiger partial charge in [-0.05, 0) is 35.9 Å². The van der Waals surface area contributed by atoms with Crippen molar-refractivity contribution in [1.82, 2.24) is 0 Å². The molecule has 0 unspecified atom stereocenters. The molecule has 0 aromatic heterocycles. The molecule has 0 amide bonds. The lowest BCUT2D eigenvalue weighted by Crippen LogP contribution is -2.10. The first-order chi connectivity index (χ1) is 8.61. The predicted molar refractivity (Wildman–Crippen MR) is 73.8 cm³/mol. The van der Waals surface area contributed by atoms with Gasteiger partial charge < -0.3 is 10.6 Å². The van der Waals surface area contributed by atoms with Crippen LogP contribution >= 0.6 is 11.6 Å². The van der Waals surface area contributed by atoms with Gasteiger partial charge in [-0.1, -0.05) is 23.7 Å². The molecule has 0 fully saturated rings. The third kappa shape index (κ3) is 2.63. The Bertz CT molecular complexity index is 557. The van der Waals surface area contributed by atoms with Gasteiger partial charge in [0.05, 0.1) is 0 Å². The highest BCUT2D eigenvalue weighted by Gasteiger charge is 2.07. The minimum atomic E-state index is -0.260. The van der Waals surface area contributed by atoms with Gasteiger partial charge in [0.2, 0.25) is 0 Å². The highest BCUT2D eigenvalue weighted by Crippen LogP contribution is 2.28. The van der Waals surface area contributed by atoms with Crippen molar-refractivity contribution in [3.8, 4) is 0 Å². The van der Waals surface area contributed by atoms with Crippen LogP contribution in [0.25, 0.3) is 0 Å². The van der Waals surface area contributed by atoms with E-state index in [1.807, 2.05) is 36.2 Å². The second kappa shape index (κ2) is 5.38. The van der Waals surface area contributed by atoms with E-state index in [4.69, 9.17) is 17.3 Å². The molecule has 2 rings (SSSR count). The molecule has 0 heterocycles. The topological polar surface area (TPSA) is 29.3 Å². The molecule has 2 aromatic carbocycles. The van der Waals surface area contributed by atoms with Crippen molar-refractivity contribution in [2.75, 3.05) is 11.9 Å². The van der Waals surface area contributed by atoms with E-state index in [1.165, 1.54) is 12.1 Å². The second-order valence-corrected chi connectivity index (χ2v) is 4.43. The smallest absolute Gasteiger partial charge is 0.125 e. The molecule has 0 saturated heterocycles. The maximum atomic E-state index is 13.2. The van der Waals surface area contributed by atoms with Crippen LogP contribution < -0.4 is 10.6 Å². The van der Waals surface area contributed by atoms with E-state index in [2.05, 4.69) is 0 Å². The summed E-state index contributed by atoms with van der Waals surface area (Å²) < 4.78 is 13.2. The summed E-state index contributed by atoms with van der Waals surface area (Å²) in [6.07, 6.45) is 0. The minimum Gasteiger partial charge on any atom is -0.344 e. The fourth-order valence-electron chi connectivity index (χ4n) is 1.74. The van der Waals surface area contributed by atoms with Gasteiger partial charge in [-0.2, -0.15) is 0 Å². The van der Waals surface area contributed by atoms with E-state index in [1.54, 1.807) is 6.07 Å². The number of halogens is 2. The third-order valence-corrected chi connectivity index (χ3v) is 3.19. The highest BCUT2D eigenvalue weighted by molar-refractivity contribution is 6.31. The molecular formula is C14H14ClFN2. The largest absolute Gasteiger partial charge is 0.344 e. The predicted octanol–water partition coefficient (Wildman–Crippen LogP) is 3.71. The Kier molecular flexibility index (Phi) is 3.84. The number of anilines is 2. The monoisotopic (exact) mass is 264 g/mol. The highest BCUT2D eigenvalue weighted by atomic mass is 35.5.